The fourth-order valence-corrected chi connectivity index (χ4v) is 3.33. The Kier molecular flexibility index (Phi) is 18.1. The number of carbonyl (C=O) groups excluding carboxylic acids is 1. The first-order valence-corrected chi connectivity index (χ1v) is 11.0. The molecular formula is C23H30BCl2NNaO5. The van der Waals surface area contributed by atoms with Crippen LogP contribution in [0.5, 0.6) is 11.5 Å². The summed E-state index contributed by atoms with van der Waals surface area (Å²) in [4.78, 5) is 12.5. The molecule has 4 rings (SSSR count). The maximum Gasteiger partial charge on any atom is 1.00 e. The van der Waals surface area contributed by atoms with E-state index in [0.717, 1.165) is 51.6 Å². The van der Waals surface area contributed by atoms with Crippen LogP contribution in [0, 0.1) is 0 Å². The van der Waals surface area contributed by atoms with Gasteiger partial charge in [0.1, 0.15) is 11.5 Å². The maximum atomic E-state index is 10.2. The predicted molar refractivity (Wildman–Crippen MR) is 129 cm³/mol. The first-order chi connectivity index (χ1) is 15.0. The van der Waals surface area contributed by atoms with E-state index >= 15 is 0 Å². The predicted octanol–water partition coefficient (Wildman–Crippen LogP) is 1.66. The second-order valence-corrected chi connectivity index (χ2v) is 7.98. The number of hydrogen-bond donors (Lipinski definition) is 2. The monoisotopic (exact) mass is 504 g/mol. The molecule has 2 aliphatic rings. The number of rotatable bonds is 3. The molecule has 10 heteroatoms. The van der Waals surface area contributed by atoms with Crippen LogP contribution in [-0.2, 0) is 16.0 Å². The molecular weight excluding hydrogens is 475 g/mol. The molecule has 3 radical (unpaired) electrons. The van der Waals surface area contributed by atoms with Crippen molar-refractivity contribution in [1.82, 2.24) is 4.90 Å². The third kappa shape index (κ3) is 13.0. The van der Waals surface area contributed by atoms with E-state index in [0.29, 0.717) is 21.9 Å². The van der Waals surface area contributed by atoms with Crippen LogP contribution in [0.25, 0.3) is 0 Å². The van der Waals surface area contributed by atoms with Gasteiger partial charge >= 0.3 is 29.6 Å². The van der Waals surface area contributed by atoms with Gasteiger partial charge in [-0.25, -0.2) is 0 Å². The third-order valence-corrected chi connectivity index (χ3v) is 5.42. The number of morpholine rings is 1. The number of phenols is 2. The van der Waals surface area contributed by atoms with Gasteiger partial charge in [-0.3, -0.25) is 9.69 Å². The Morgan fingerprint density at radius 3 is 1.91 bits per heavy atom. The topological polar surface area (TPSA) is 79.2 Å². The number of halogens is 2. The fraction of sp³-hybridized carbons (Fsp3) is 0.435. The van der Waals surface area contributed by atoms with E-state index in [2.05, 4.69) is 4.90 Å². The van der Waals surface area contributed by atoms with Gasteiger partial charge in [0, 0.05) is 51.8 Å². The van der Waals surface area contributed by atoms with Crippen molar-refractivity contribution in [2.75, 3.05) is 39.5 Å². The molecule has 6 nitrogen and oxygen atoms in total. The third-order valence-electron chi connectivity index (χ3n) is 4.71. The van der Waals surface area contributed by atoms with Crippen molar-refractivity contribution in [2.45, 2.75) is 25.8 Å². The van der Waals surface area contributed by atoms with Crippen molar-refractivity contribution in [3.63, 3.8) is 0 Å². The summed E-state index contributed by atoms with van der Waals surface area (Å²) in [5.74, 6) is 0.314. The smallest absolute Gasteiger partial charge is 1.00 e. The molecule has 2 heterocycles. The summed E-state index contributed by atoms with van der Waals surface area (Å²) in [6, 6.07) is 9.26. The van der Waals surface area contributed by atoms with Crippen LogP contribution in [0.15, 0.2) is 36.4 Å². The number of hydrogen-bond acceptors (Lipinski definition) is 6. The van der Waals surface area contributed by atoms with E-state index in [4.69, 9.17) is 37.8 Å². The average Bonchev–Trinajstić information content (AvgIpc) is 2.81. The molecule has 2 aromatic carbocycles. The van der Waals surface area contributed by atoms with Crippen molar-refractivity contribution >= 4 is 37.9 Å². The minimum Gasteiger partial charge on any atom is -1.00 e. The van der Waals surface area contributed by atoms with Crippen molar-refractivity contribution in [3.05, 3.63) is 57.6 Å². The first kappa shape index (κ1) is 32.2. The normalized spacial score (nSPS) is 15.3. The molecule has 0 bridgehead atoms. The van der Waals surface area contributed by atoms with Gasteiger partial charge in [-0.15, -0.1) is 0 Å². The minimum atomic E-state index is 0. The summed E-state index contributed by atoms with van der Waals surface area (Å²) < 4.78 is 10.3. The number of aldehydes is 1. The summed E-state index contributed by atoms with van der Waals surface area (Å²) in [5.41, 5.74) is 1.28. The molecule has 2 saturated heterocycles. The summed E-state index contributed by atoms with van der Waals surface area (Å²) in [6.07, 6.45) is 4.53. The zero-order valence-corrected chi connectivity index (χ0v) is 22.5. The molecule has 0 atom stereocenters. The van der Waals surface area contributed by atoms with Gasteiger partial charge in [-0.2, -0.15) is 0 Å². The molecule has 0 unspecified atom stereocenters. The molecule has 2 N–H and O–H groups in total. The number of nitrogens with zero attached hydrogens (tertiary/aromatic N) is 1. The van der Waals surface area contributed by atoms with Gasteiger partial charge in [0.15, 0.2) is 6.29 Å². The van der Waals surface area contributed by atoms with Gasteiger partial charge in [-0.05, 0) is 61.2 Å². The summed E-state index contributed by atoms with van der Waals surface area (Å²) >= 11 is 11.6. The maximum absolute atomic E-state index is 10.2. The van der Waals surface area contributed by atoms with Gasteiger partial charge in [0.2, 0.25) is 0 Å². The van der Waals surface area contributed by atoms with Gasteiger partial charge < -0.3 is 21.1 Å². The molecule has 2 fully saturated rings. The zero-order valence-electron chi connectivity index (χ0n) is 20.0. The Morgan fingerprint density at radius 2 is 1.42 bits per heavy atom. The van der Waals surface area contributed by atoms with Crippen LogP contribution in [0.3, 0.4) is 0 Å². The van der Waals surface area contributed by atoms with E-state index < -0.39 is 0 Å². The standard InChI is InChI=1S/C11H14ClNO2.C7H5ClO2.C5H10O.B.Na.H/c12-11-2-1-10(14)7-9(11)8-13-3-5-15-6-4-13;8-7-2-1-6(10)3-5(7)4-9;1-2-4-6-5-3-1;;;/h1-2,7,14H,3-6,8H2;1-4,10H;1-5H2;;;/q;;;;+1;-1. The first-order valence-electron chi connectivity index (χ1n) is 10.3. The van der Waals surface area contributed by atoms with E-state index in [1.54, 1.807) is 18.2 Å². The Hall–Kier alpha value is -0.765. The van der Waals surface area contributed by atoms with Crippen molar-refractivity contribution in [2.24, 2.45) is 0 Å². The SMILES string of the molecule is C1CCOCC1.O=Cc1cc(O)ccc1Cl.Oc1ccc(Cl)c(CN2CCOCC2)c1.[B].[H-].[Na+]. The Bertz CT molecular complexity index is 816. The number of phenolic OH excluding ortho intramolecular Hbond substituents is 2. The van der Waals surface area contributed by atoms with Crippen LogP contribution in [0.4, 0.5) is 0 Å². The summed E-state index contributed by atoms with van der Waals surface area (Å²) in [7, 11) is 0. The molecule has 0 aromatic heterocycles. The Morgan fingerprint density at radius 1 is 0.879 bits per heavy atom. The molecule has 175 valence electrons. The second-order valence-electron chi connectivity index (χ2n) is 7.16. The van der Waals surface area contributed by atoms with Gasteiger partial charge in [-0.1, -0.05) is 23.2 Å². The van der Waals surface area contributed by atoms with Crippen molar-refractivity contribution < 1.29 is 55.5 Å². The minimum absolute atomic E-state index is 0. The second kappa shape index (κ2) is 18.5. The van der Waals surface area contributed by atoms with E-state index in [1.807, 2.05) is 0 Å². The number of aromatic hydroxyl groups is 2. The van der Waals surface area contributed by atoms with E-state index in [9.17, 15) is 9.90 Å². The molecule has 0 aliphatic carbocycles. The Balaban J connectivity index is 0. The largest absolute Gasteiger partial charge is 1.00 e. The van der Waals surface area contributed by atoms with Crippen LogP contribution < -0.4 is 29.6 Å². The molecule has 0 amide bonds. The van der Waals surface area contributed by atoms with Crippen LogP contribution >= 0.6 is 23.2 Å². The number of ether oxygens (including phenoxy) is 2. The number of benzene rings is 2. The van der Waals surface area contributed by atoms with Crippen LogP contribution in [0.1, 0.15) is 36.6 Å². The van der Waals surface area contributed by atoms with E-state index in [-0.39, 0.29) is 50.9 Å². The average molecular weight is 505 g/mol. The fourth-order valence-electron chi connectivity index (χ4n) is 2.99. The van der Waals surface area contributed by atoms with Crippen molar-refractivity contribution in [3.8, 4) is 11.5 Å². The molecule has 2 aromatic rings. The van der Waals surface area contributed by atoms with Gasteiger partial charge in [0.25, 0.3) is 0 Å². The summed E-state index contributed by atoms with van der Waals surface area (Å²) in [6.45, 7) is 6.17. The molecule has 33 heavy (non-hydrogen) atoms. The molecule has 0 spiro atoms. The van der Waals surface area contributed by atoms with E-state index in [1.165, 1.54) is 37.5 Å². The van der Waals surface area contributed by atoms with Crippen molar-refractivity contribution in [1.29, 1.82) is 0 Å². The van der Waals surface area contributed by atoms with Gasteiger partial charge in [0.05, 0.1) is 18.2 Å². The zero-order chi connectivity index (χ0) is 22.5. The number of carbonyl (C=O) groups is 1. The van der Waals surface area contributed by atoms with Crippen LogP contribution in [0.2, 0.25) is 10.0 Å². The molecule has 0 saturated carbocycles. The summed E-state index contributed by atoms with van der Waals surface area (Å²) in [5, 5.41) is 19.3. The molecule has 2 aliphatic heterocycles. The van der Waals surface area contributed by atoms with Crippen LogP contribution in [-0.4, -0.2) is 69.3 Å². The quantitative estimate of drug-likeness (QED) is 0.489. The Labute approximate surface area is 231 Å².